The zero-order valence-electron chi connectivity index (χ0n) is 16.7. The Balaban J connectivity index is 1.14. The monoisotopic (exact) mass is 408 g/mol. The molecule has 5 nitrogen and oxygen atoms in total. The molecule has 1 fully saturated rings. The van der Waals surface area contributed by atoms with E-state index < -0.39 is 0 Å². The Morgan fingerprint density at radius 2 is 1.97 bits per heavy atom. The Morgan fingerprint density at radius 3 is 2.72 bits per heavy atom. The van der Waals surface area contributed by atoms with Gasteiger partial charge < -0.3 is 5.32 Å². The van der Waals surface area contributed by atoms with Gasteiger partial charge in [-0.25, -0.2) is 4.68 Å². The van der Waals surface area contributed by atoms with Crippen LogP contribution in [-0.2, 0) is 17.8 Å². The van der Waals surface area contributed by atoms with Crippen LogP contribution in [0.2, 0.25) is 0 Å². The van der Waals surface area contributed by atoms with E-state index in [0.717, 1.165) is 56.7 Å². The van der Waals surface area contributed by atoms with Crippen LogP contribution < -0.4 is 5.32 Å². The summed E-state index contributed by atoms with van der Waals surface area (Å²) in [5.74, 6) is 0.734. The molecule has 2 aromatic heterocycles. The van der Waals surface area contributed by atoms with Crippen LogP contribution >= 0.6 is 11.3 Å². The maximum Gasteiger partial charge on any atom is 0.220 e. The summed E-state index contributed by atoms with van der Waals surface area (Å²) in [6, 6.07) is 14.4. The summed E-state index contributed by atoms with van der Waals surface area (Å²) >= 11 is 1.83. The lowest BCUT2D eigenvalue weighted by molar-refractivity contribution is -0.121. The molecule has 0 saturated carbocycles. The zero-order chi connectivity index (χ0) is 19.9. The van der Waals surface area contributed by atoms with Gasteiger partial charge in [-0.1, -0.05) is 24.3 Å². The molecular weight excluding hydrogens is 380 g/mol. The summed E-state index contributed by atoms with van der Waals surface area (Å²) in [5.41, 5.74) is 2.12. The summed E-state index contributed by atoms with van der Waals surface area (Å²) in [4.78, 5) is 16.2. The predicted octanol–water partition coefficient (Wildman–Crippen LogP) is 3.89. The van der Waals surface area contributed by atoms with Crippen molar-refractivity contribution in [1.82, 2.24) is 20.0 Å². The first-order valence-electron chi connectivity index (χ1n) is 10.4. The molecule has 1 aliphatic heterocycles. The number of nitrogens with one attached hydrogen (secondary N) is 1. The summed E-state index contributed by atoms with van der Waals surface area (Å²) in [6.07, 6.45) is 7.41. The van der Waals surface area contributed by atoms with Gasteiger partial charge in [-0.3, -0.25) is 9.69 Å². The fraction of sp³-hybridized carbons (Fsp3) is 0.391. The molecular formula is C23H28N4OS. The third-order valence-corrected chi connectivity index (χ3v) is 6.41. The minimum Gasteiger partial charge on any atom is -0.356 e. The van der Waals surface area contributed by atoms with Crippen molar-refractivity contribution in [2.45, 2.75) is 32.2 Å². The maximum atomic E-state index is 12.3. The number of thiophene rings is 1. The van der Waals surface area contributed by atoms with Gasteiger partial charge in [-0.2, -0.15) is 5.10 Å². The van der Waals surface area contributed by atoms with Crippen LogP contribution in [0.15, 0.2) is 60.2 Å². The smallest absolute Gasteiger partial charge is 0.220 e. The number of para-hydroxylation sites is 1. The highest BCUT2D eigenvalue weighted by Crippen LogP contribution is 2.20. The third-order valence-electron chi connectivity index (χ3n) is 5.55. The van der Waals surface area contributed by atoms with Gasteiger partial charge in [-0.05, 0) is 67.4 Å². The number of amides is 1. The standard InChI is InChI=1S/C23H28N4OS/c28-23(9-8-20-16-25-27(17-20)21-5-2-1-3-6-21)24-15-19-10-12-26(13-11-19)18-22-7-4-14-29-22/h1-7,14,16-17,19H,8-13,15,18H2,(H,24,28). The lowest BCUT2D eigenvalue weighted by Gasteiger charge is -2.31. The van der Waals surface area contributed by atoms with Crippen LogP contribution in [-0.4, -0.2) is 40.2 Å². The van der Waals surface area contributed by atoms with E-state index in [2.05, 4.69) is 32.8 Å². The third kappa shape index (κ3) is 5.78. The van der Waals surface area contributed by atoms with Crippen molar-refractivity contribution in [3.63, 3.8) is 0 Å². The van der Waals surface area contributed by atoms with Crippen molar-refractivity contribution < 1.29 is 4.79 Å². The normalized spacial score (nSPS) is 15.4. The highest BCUT2D eigenvalue weighted by molar-refractivity contribution is 7.09. The Bertz CT molecular complexity index is 883. The Kier molecular flexibility index (Phi) is 6.75. The van der Waals surface area contributed by atoms with Crippen LogP contribution in [0.5, 0.6) is 0 Å². The molecule has 1 aromatic carbocycles. The first-order valence-corrected chi connectivity index (χ1v) is 11.2. The first-order chi connectivity index (χ1) is 14.3. The van der Waals surface area contributed by atoms with Crippen molar-refractivity contribution in [2.75, 3.05) is 19.6 Å². The van der Waals surface area contributed by atoms with E-state index in [0.29, 0.717) is 12.3 Å². The highest BCUT2D eigenvalue weighted by atomic mass is 32.1. The molecule has 0 atom stereocenters. The molecule has 0 spiro atoms. The molecule has 0 radical (unpaired) electrons. The van der Waals surface area contributed by atoms with E-state index in [1.807, 2.05) is 58.7 Å². The van der Waals surface area contributed by atoms with Crippen molar-refractivity contribution in [3.05, 3.63) is 70.7 Å². The second-order valence-corrected chi connectivity index (χ2v) is 8.76. The van der Waals surface area contributed by atoms with E-state index in [1.54, 1.807) is 0 Å². The second-order valence-electron chi connectivity index (χ2n) is 7.73. The molecule has 3 heterocycles. The van der Waals surface area contributed by atoms with Gasteiger partial charge in [-0.15, -0.1) is 11.3 Å². The quantitative estimate of drug-likeness (QED) is 0.615. The fourth-order valence-electron chi connectivity index (χ4n) is 3.79. The van der Waals surface area contributed by atoms with Gasteiger partial charge >= 0.3 is 0 Å². The highest BCUT2D eigenvalue weighted by Gasteiger charge is 2.20. The predicted molar refractivity (Wildman–Crippen MR) is 117 cm³/mol. The van der Waals surface area contributed by atoms with Crippen LogP contribution in [0.25, 0.3) is 5.69 Å². The largest absolute Gasteiger partial charge is 0.356 e. The molecule has 4 rings (SSSR count). The molecule has 3 aromatic rings. The van der Waals surface area contributed by atoms with Gasteiger partial charge in [0.1, 0.15) is 0 Å². The number of carbonyl (C=O) groups excluding carboxylic acids is 1. The molecule has 0 aliphatic carbocycles. The van der Waals surface area contributed by atoms with Gasteiger partial charge in [0.05, 0.1) is 11.9 Å². The molecule has 0 unspecified atom stereocenters. The number of carbonyl (C=O) groups is 1. The summed E-state index contributed by atoms with van der Waals surface area (Å²) in [6.45, 7) is 4.11. The second kappa shape index (κ2) is 9.85. The number of nitrogens with zero attached hydrogens (tertiary/aromatic N) is 3. The van der Waals surface area contributed by atoms with Crippen molar-refractivity contribution in [2.24, 2.45) is 5.92 Å². The van der Waals surface area contributed by atoms with Gasteiger partial charge in [0.25, 0.3) is 0 Å². The topological polar surface area (TPSA) is 50.2 Å². The van der Waals surface area contributed by atoms with E-state index in [1.165, 1.54) is 4.88 Å². The molecule has 1 amide bonds. The van der Waals surface area contributed by atoms with E-state index in [-0.39, 0.29) is 5.91 Å². The van der Waals surface area contributed by atoms with Crippen molar-refractivity contribution in [1.29, 1.82) is 0 Å². The lowest BCUT2D eigenvalue weighted by Crippen LogP contribution is -2.38. The number of piperidine rings is 1. The molecule has 0 bridgehead atoms. The van der Waals surface area contributed by atoms with Crippen LogP contribution in [0.1, 0.15) is 29.7 Å². The number of rotatable bonds is 8. The molecule has 29 heavy (non-hydrogen) atoms. The SMILES string of the molecule is O=C(CCc1cnn(-c2ccccc2)c1)NCC1CCN(Cc2cccs2)CC1. The number of hydrogen-bond donors (Lipinski definition) is 1. The zero-order valence-corrected chi connectivity index (χ0v) is 17.5. The molecule has 6 heteroatoms. The van der Waals surface area contributed by atoms with Crippen LogP contribution in [0.4, 0.5) is 0 Å². The van der Waals surface area contributed by atoms with Gasteiger partial charge in [0.2, 0.25) is 5.91 Å². The first kappa shape index (κ1) is 19.9. The van der Waals surface area contributed by atoms with Crippen molar-refractivity contribution >= 4 is 17.2 Å². The lowest BCUT2D eigenvalue weighted by atomic mass is 9.96. The molecule has 1 saturated heterocycles. The van der Waals surface area contributed by atoms with Gasteiger partial charge in [0.15, 0.2) is 0 Å². The van der Waals surface area contributed by atoms with Crippen LogP contribution in [0, 0.1) is 5.92 Å². The average molecular weight is 409 g/mol. The number of benzene rings is 1. The molecule has 1 N–H and O–H groups in total. The van der Waals surface area contributed by atoms with Crippen molar-refractivity contribution in [3.8, 4) is 5.69 Å². The fourth-order valence-corrected chi connectivity index (χ4v) is 4.53. The van der Waals surface area contributed by atoms with Crippen LogP contribution in [0.3, 0.4) is 0 Å². The Hall–Kier alpha value is -2.44. The Labute approximate surface area is 176 Å². The summed E-state index contributed by atoms with van der Waals surface area (Å²) < 4.78 is 1.86. The number of aryl methyl sites for hydroxylation is 1. The number of likely N-dealkylation sites (tertiary alicyclic amines) is 1. The van der Waals surface area contributed by atoms with Gasteiger partial charge in [0, 0.05) is 30.6 Å². The summed E-state index contributed by atoms with van der Waals surface area (Å²) in [7, 11) is 0. The Morgan fingerprint density at radius 1 is 1.14 bits per heavy atom. The number of hydrogen-bond acceptors (Lipinski definition) is 4. The number of aromatic nitrogens is 2. The van der Waals surface area contributed by atoms with E-state index in [9.17, 15) is 4.79 Å². The minimum absolute atomic E-state index is 0.137. The summed E-state index contributed by atoms with van der Waals surface area (Å²) in [5, 5.41) is 9.68. The molecule has 152 valence electrons. The maximum absolute atomic E-state index is 12.3. The van der Waals surface area contributed by atoms with E-state index >= 15 is 0 Å². The molecule has 1 aliphatic rings. The van der Waals surface area contributed by atoms with E-state index in [4.69, 9.17) is 0 Å². The average Bonchev–Trinajstić information content (AvgIpc) is 3.45. The minimum atomic E-state index is 0.137.